The number of nitrogens with zero attached hydrogens (tertiary/aromatic N) is 1. The molecule has 1 aromatic rings. The van der Waals surface area contributed by atoms with E-state index >= 15 is 0 Å². The lowest BCUT2D eigenvalue weighted by Gasteiger charge is -2.26. The normalized spacial score (nSPS) is 18.2. The van der Waals surface area contributed by atoms with Crippen molar-refractivity contribution in [1.82, 2.24) is 4.31 Å². The van der Waals surface area contributed by atoms with Gasteiger partial charge in [-0.15, -0.1) is 0 Å². The number of piperidine rings is 1. The van der Waals surface area contributed by atoms with Crippen LogP contribution in [0.25, 0.3) is 0 Å². The van der Waals surface area contributed by atoms with Crippen molar-refractivity contribution < 1.29 is 8.42 Å². The zero-order valence-electron chi connectivity index (χ0n) is 9.82. The Bertz CT molecular complexity index is 507. The molecule has 1 aromatic carbocycles. The summed E-state index contributed by atoms with van der Waals surface area (Å²) in [4.78, 5) is 0.433. The van der Waals surface area contributed by atoms with Crippen LogP contribution in [0.15, 0.2) is 27.6 Å². The quantitative estimate of drug-likeness (QED) is 0.841. The van der Waals surface area contributed by atoms with Gasteiger partial charge in [0.1, 0.15) is 0 Å². The maximum Gasteiger partial charge on any atom is 0.243 e. The predicted molar refractivity (Wildman–Crippen MR) is 71.5 cm³/mol. The molecule has 0 aromatic heterocycles. The van der Waals surface area contributed by atoms with Crippen molar-refractivity contribution in [2.75, 3.05) is 13.1 Å². The predicted octanol–water partition coefficient (Wildman–Crippen LogP) is 2.93. The first-order chi connectivity index (χ1) is 8.01. The lowest BCUT2D eigenvalue weighted by Crippen LogP contribution is -2.35. The third-order valence-electron chi connectivity index (χ3n) is 3.07. The third-order valence-corrected chi connectivity index (χ3v) is 5.62. The average Bonchev–Trinajstić information content (AvgIpc) is 2.29. The molecule has 1 heterocycles. The van der Waals surface area contributed by atoms with Crippen LogP contribution in [0.2, 0.25) is 0 Å². The molecule has 17 heavy (non-hydrogen) atoms. The Balaban J connectivity index is 2.37. The van der Waals surface area contributed by atoms with Gasteiger partial charge >= 0.3 is 0 Å². The van der Waals surface area contributed by atoms with Crippen LogP contribution in [-0.2, 0) is 10.0 Å². The molecule has 1 aliphatic rings. The van der Waals surface area contributed by atoms with E-state index in [0.717, 1.165) is 29.3 Å². The zero-order valence-corrected chi connectivity index (χ0v) is 12.2. The molecule has 0 amide bonds. The standard InChI is InChI=1S/C12H16BrNO2S/c1-10-9-11(13)5-6-12(10)17(15,16)14-7-3-2-4-8-14/h5-6,9H,2-4,7-8H2,1H3. The van der Waals surface area contributed by atoms with Crippen LogP contribution < -0.4 is 0 Å². The number of benzene rings is 1. The number of rotatable bonds is 2. The molecule has 1 fully saturated rings. The minimum atomic E-state index is -3.30. The zero-order chi connectivity index (χ0) is 12.5. The summed E-state index contributed by atoms with van der Waals surface area (Å²) in [6, 6.07) is 5.31. The molecule has 0 unspecified atom stereocenters. The highest BCUT2D eigenvalue weighted by Crippen LogP contribution is 2.25. The fraction of sp³-hybridized carbons (Fsp3) is 0.500. The molecule has 0 radical (unpaired) electrons. The summed E-state index contributed by atoms with van der Waals surface area (Å²) in [6.07, 6.45) is 3.06. The first kappa shape index (κ1) is 13.1. The fourth-order valence-electron chi connectivity index (χ4n) is 2.15. The Kier molecular flexibility index (Phi) is 3.90. The molecule has 1 saturated heterocycles. The number of hydrogen-bond acceptors (Lipinski definition) is 2. The number of halogens is 1. The van der Waals surface area contributed by atoms with E-state index < -0.39 is 10.0 Å². The highest BCUT2D eigenvalue weighted by molar-refractivity contribution is 9.10. The highest BCUT2D eigenvalue weighted by atomic mass is 79.9. The summed E-state index contributed by atoms with van der Waals surface area (Å²) in [6.45, 7) is 3.14. The van der Waals surface area contributed by atoms with E-state index in [-0.39, 0.29) is 0 Å². The maximum atomic E-state index is 12.4. The second-order valence-corrected chi connectivity index (χ2v) is 7.20. The molecule has 1 aliphatic heterocycles. The topological polar surface area (TPSA) is 37.4 Å². The summed E-state index contributed by atoms with van der Waals surface area (Å²) < 4.78 is 27.4. The Morgan fingerprint density at radius 1 is 1.18 bits per heavy atom. The fourth-order valence-corrected chi connectivity index (χ4v) is 4.35. The van der Waals surface area contributed by atoms with Crippen LogP contribution >= 0.6 is 15.9 Å². The van der Waals surface area contributed by atoms with Crippen LogP contribution in [0, 0.1) is 6.92 Å². The van der Waals surface area contributed by atoms with Gasteiger partial charge in [0.25, 0.3) is 0 Å². The smallest absolute Gasteiger partial charge is 0.207 e. The van der Waals surface area contributed by atoms with E-state index in [0.29, 0.717) is 18.0 Å². The minimum Gasteiger partial charge on any atom is -0.207 e. The SMILES string of the molecule is Cc1cc(Br)ccc1S(=O)(=O)N1CCCCC1. The Morgan fingerprint density at radius 2 is 1.82 bits per heavy atom. The van der Waals surface area contributed by atoms with E-state index in [2.05, 4.69) is 15.9 Å². The van der Waals surface area contributed by atoms with Crippen molar-refractivity contribution in [3.63, 3.8) is 0 Å². The van der Waals surface area contributed by atoms with Gasteiger partial charge in [-0.25, -0.2) is 8.42 Å². The van der Waals surface area contributed by atoms with Gasteiger partial charge in [0, 0.05) is 17.6 Å². The summed E-state index contributed by atoms with van der Waals surface area (Å²) in [5.74, 6) is 0. The van der Waals surface area contributed by atoms with Gasteiger partial charge in [-0.3, -0.25) is 0 Å². The second kappa shape index (κ2) is 5.08. The molecule has 0 spiro atoms. The maximum absolute atomic E-state index is 12.4. The van der Waals surface area contributed by atoms with Gasteiger partial charge in [-0.05, 0) is 43.5 Å². The molecule has 0 bridgehead atoms. The Hall–Kier alpha value is -0.390. The first-order valence-corrected chi connectivity index (χ1v) is 8.01. The van der Waals surface area contributed by atoms with Crippen molar-refractivity contribution in [2.45, 2.75) is 31.1 Å². The van der Waals surface area contributed by atoms with E-state index in [1.54, 1.807) is 16.4 Å². The van der Waals surface area contributed by atoms with E-state index in [1.807, 2.05) is 13.0 Å². The number of hydrogen-bond donors (Lipinski definition) is 0. The van der Waals surface area contributed by atoms with Gasteiger partial charge in [-0.1, -0.05) is 22.4 Å². The monoisotopic (exact) mass is 317 g/mol. The van der Waals surface area contributed by atoms with Crippen LogP contribution in [0.3, 0.4) is 0 Å². The van der Waals surface area contributed by atoms with Gasteiger partial charge in [0.15, 0.2) is 0 Å². The summed E-state index contributed by atoms with van der Waals surface area (Å²) >= 11 is 3.35. The van der Waals surface area contributed by atoms with Crippen molar-refractivity contribution in [3.8, 4) is 0 Å². The van der Waals surface area contributed by atoms with Gasteiger partial charge in [0.05, 0.1) is 4.90 Å². The van der Waals surface area contributed by atoms with E-state index in [9.17, 15) is 8.42 Å². The van der Waals surface area contributed by atoms with Crippen molar-refractivity contribution in [2.24, 2.45) is 0 Å². The van der Waals surface area contributed by atoms with Crippen molar-refractivity contribution >= 4 is 26.0 Å². The molecule has 0 saturated carbocycles. The summed E-state index contributed by atoms with van der Waals surface area (Å²) in [5.41, 5.74) is 0.796. The van der Waals surface area contributed by atoms with Gasteiger partial charge < -0.3 is 0 Å². The van der Waals surface area contributed by atoms with E-state index in [4.69, 9.17) is 0 Å². The molecule has 0 N–H and O–H groups in total. The molecule has 5 heteroatoms. The van der Waals surface area contributed by atoms with Crippen LogP contribution in [0.4, 0.5) is 0 Å². The Morgan fingerprint density at radius 3 is 2.41 bits per heavy atom. The average molecular weight is 318 g/mol. The minimum absolute atomic E-state index is 0.433. The molecular formula is C12H16BrNO2S. The number of aryl methyl sites for hydroxylation is 1. The second-order valence-electron chi connectivity index (χ2n) is 4.37. The van der Waals surface area contributed by atoms with Crippen molar-refractivity contribution in [1.29, 1.82) is 0 Å². The third kappa shape index (κ3) is 2.72. The summed E-state index contributed by atoms with van der Waals surface area (Å²) in [7, 11) is -3.30. The van der Waals surface area contributed by atoms with E-state index in [1.165, 1.54) is 0 Å². The largest absolute Gasteiger partial charge is 0.243 e. The Labute approximate surface area is 111 Å². The van der Waals surface area contributed by atoms with Gasteiger partial charge in [0.2, 0.25) is 10.0 Å². The summed E-state index contributed by atoms with van der Waals surface area (Å²) in [5, 5.41) is 0. The van der Waals surface area contributed by atoms with Crippen LogP contribution in [0.1, 0.15) is 24.8 Å². The van der Waals surface area contributed by atoms with Gasteiger partial charge in [-0.2, -0.15) is 4.31 Å². The van der Waals surface area contributed by atoms with Crippen molar-refractivity contribution in [3.05, 3.63) is 28.2 Å². The molecular weight excluding hydrogens is 302 g/mol. The lowest BCUT2D eigenvalue weighted by atomic mass is 10.2. The molecule has 3 nitrogen and oxygen atoms in total. The van der Waals surface area contributed by atoms with Crippen LogP contribution in [-0.4, -0.2) is 25.8 Å². The van der Waals surface area contributed by atoms with Crippen LogP contribution in [0.5, 0.6) is 0 Å². The lowest BCUT2D eigenvalue weighted by molar-refractivity contribution is 0.346. The first-order valence-electron chi connectivity index (χ1n) is 5.78. The molecule has 0 atom stereocenters. The molecule has 2 rings (SSSR count). The number of sulfonamides is 1. The highest BCUT2D eigenvalue weighted by Gasteiger charge is 2.27. The molecule has 0 aliphatic carbocycles. The molecule has 94 valence electrons.